The average Bonchev–Trinajstić information content (AvgIpc) is 2.26. The average molecular weight is 235 g/mol. The summed E-state index contributed by atoms with van der Waals surface area (Å²) in [6.45, 7) is 11.2. The zero-order valence-corrected chi connectivity index (χ0v) is 11.7. The summed E-state index contributed by atoms with van der Waals surface area (Å²) in [7, 11) is 0. The Balaban J connectivity index is 2.70. The van der Waals surface area contributed by atoms with Crippen LogP contribution in [-0.2, 0) is 0 Å². The summed E-state index contributed by atoms with van der Waals surface area (Å²) in [5.74, 6) is 1.50. The number of rotatable bonds is 5. The van der Waals surface area contributed by atoms with E-state index in [1.807, 2.05) is 0 Å². The number of hydrogen-bond acceptors (Lipinski definition) is 2. The van der Waals surface area contributed by atoms with Crippen molar-refractivity contribution in [3.8, 4) is 5.75 Å². The fourth-order valence-electron chi connectivity index (χ4n) is 2.04. The molecule has 1 aromatic rings. The molecule has 1 rings (SSSR count). The van der Waals surface area contributed by atoms with Crippen molar-refractivity contribution in [3.63, 3.8) is 0 Å². The molecule has 2 unspecified atom stereocenters. The highest BCUT2D eigenvalue weighted by atomic mass is 16.5. The smallest absolute Gasteiger partial charge is 0.125 e. The van der Waals surface area contributed by atoms with Gasteiger partial charge in [-0.15, -0.1) is 0 Å². The molecule has 0 fully saturated rings. The summed E-state index contributed by atoms with van der Waals surface area (Å²) < 4.78 is 5.88. The Morgan fingerprint density at radius 1 is 1.18 bits per heavy atom. The fourth-order valence-corrected chi connectivity index (χ4v) is 2.04. The van der Waals surface area contributed by atoms with Gasteiger partial charge in [0.15, 0.2) is 0 Å². The molecule has 0 saturated carbocycles. The van der Waals surface area contributed by atoms with Crippen molar-refractivity contribution in [2.24, 2.45) is 11.7 Å². The quantitative estimate of drug-likeness (QED) is 0.849. The molecule has 0 aromatic heterocycles. The Hall–Kier alpha value is -1.02. The molecule has 0 aliphatic rings. The normalized spacial score (nSPS) is 14.5. The van der Waals surface area contributed by atoms with Crippen molar-refractivity contribution < 1.29 is 4.74 Å². The van der Waals surface area contributed by atoms with Gasteiger partial charge in [-0.3, -0.25) is 0 Å². The van der Waals surface area contributed by atoms with Crippen LogP contribution in [-0.4, -0.2) is 12.6 Å². The Morgan fingerprint density at radius 2 is 1.71 bits per heavy atom. The van der Waals surface area contributed by atoms with E-state index in [1.54, 1.807) is 0 Å². The van der Waals surface area contributed by atoms with Gasteiger partial charge in [0.1, 0.15) is 12.4 Å². The van der Waals surface area contributed by atoms with Crippen LogP contribution < -0.4 is 10.5 Å². The second kappa shape index (κ2) is 6.06. The molecule has 2 heteroatoms. The highest BCUT2D eigenvalue weighted by Crippen LogP contribution is 2.24. The van der Waals surface area contributed by atoms with Gasteiger partial charge in [-0.1, -0.05) is 38.0 Å². The monoisotopic (exact) mass is 235 g/mol. The largest absolute Gasteiger partial charge is 0.491 e. The number of aryl methyl sites for hydroxylation is 3. The van der Waals surface area contributed by atoms with Gasteiger partial charge >= 0.3 is 0 Å². The predicted octanol–water partition coefficient (Wildman–Crippen LogP) is 3.36. The minimum Gasteiger partial charge on any atom is -0.491 e. The van der Waals surface area contributed by atoms with E-state index in [9.17, 15) is 0 Å². The van der Waals surface area contributed by atoms with E-state index >= 15 is 0 Å². The molecule has 2 nitrogen and oxygen atoms in total. The molecule has 0 aliphatic heterocycles. The number of hydrogen-bond donors (Lipinski definition) is 1. The van der Waals surface area contributed by atoms with Crippen molar-refractivity contribution in [1.29, 1.82) is 0 Å². The molecule has 1 aromatic carbocycles. The zero-order valence-electron chi connectivity index (χ0n) is 11.7. The summed E-state index contributed by atoms with van der Waals surface area (Å²) in [4.78, 5) is 0. The molecule has 0 amide bonds. The van der Waals surface area contributed by atoms with E-state index < -0.39 is 0 Å². The predicted molar refractivity (Wildman–Crippen MR) is 73.6 cm³/mol. The van der Waals surface area contributed by atoms with Crippen LogP contribution in [0, 0.1) is 26.7 Å². The molecule has 0 bridgehead atoms. The minimum atomic E-state index is 0.111. The standard InChI is InChI=1S/C15H25NO/c1-6-11(3)14(16)9-17-15-12(4)7-10(2)8-13(15)5/h7-8,11,14H,6,9,16H2,1-5H3. The Bertz CT molecular complexity index is 350. The maximum Gasteiger partial charge on any atom is 0.125 e. The Kier molecular flexibility index (Phi) is 5.01. The molecule has 0 spiro atoms. The highest BCUT2D eigenvalue weighted by molar-refractivity contribution is 5.42. The number of ether oxygens (including phenoxy) is 1. The summed E-state index contributed by atoms with van der Waals surface area (Å²) in [5.41, 5.74) is 9.74. The summed E-state index contributed by atoms with van der Waals surface area (Å²) in [5, 5.41) is 0. The van der Waals surface area contributed by atoms with Gasteiger partial charge in [0, 0.05) is 6.04 Å². The van der Waals surface area contributed by atoms with Crippen LogP contribution in [0.5, 0.6) is 5.75 Å². The van der Waals surface area contributed by atoms with Gasteiger partial charge in [-0.25, -0.2) is 0 Å². The summed E-state index contributed by atoms with van der Waals surface area (Å²) in [6.07, 6.45) is 1.09. The third-order valence-corrected chi connectivity index (χ3v) is 3.40. The van der Waals surface area contributed by atoms with Crippen molar-refractivity contribution in [2.75, 3.05) is 6.61 Å². The molecule has 0 saturated heterocycles. The number of benzene rings is 1. The highest BCUT2D eigenvalue weighted by Gasteiger charge is 2.13. The first kappa shape index (κ1) is 14.0. The molecular weight excluding hydrogens is 210 g/mol. The Labute approximate surface area is 105 Å². The van der Waals surface area contributed by atoms with E-state index in [4.69, 9.17) is 10.5 Å². The Morgan fingerprint density at radius 3 is 2.18 bits per heavy atom. The van der Waals surface area contributed by atoms with Gasteiger partial charge in [-0.2, -0.15) is 0 Å². The number of nitrogens with two attached hydrogens (primary N) is 1. The van der Waals surface area contributed by atoms with Crippen molar-refractivity contribution in [1.82, 2.24) is 0 Å². The van der Waals surface area contributed by atoms with Crippen molar-refractivity contribution >= 4 is 0 Å². The van der Waals surface area contributed by atoms with Crippen LogP contribution >= 0.6 is 0 Å². The molecule has 2 atom stereocenters. The van der Waals surface area contributed by atoms with Crippen molar-refractivity contribution in [3.05, 3.63) is 28.8 Å². The molecule has 2 N–H and O–H groups in total. The van der Waals surface area contributed by atoms with E-state index in [0.717, 1.165) is 12.2 Å². The van der Waals surface area contributed by atoms with Crippen LogP contribution in [0.15, 0.2) is 12.1 Å². The maximum atomic E-state index is 6.08. The molecule has 0 radical (unpaired) electrons. The zero-order chi connectivity index (χ0) is 13.0. The van der Waals surface area contributed by atoms with Crippen LogP contribution in [0.4, 0.5) is 0 Å². The molecule has 0 aliphatic carbocycles. The van der Waals surface area contributed by atoms with Gasteiger partial charge in [0.25, 0.3) is 0 Å². The molecule has 96 valence electrons. The van der Waals surface area contributed by atoms with E-state index in [0.29, 0.717) is 12.5 Å². The lowest BCUT2D eigenvalue weighted by atomic mass is 10.0. The summed E-state index contributed by atoms with van der Waals surface area (Å²) in [6, 6.07) is 4.41. The van der Waals surface area contributed by atoms with Gasteiger partial charge in [-0.05, 0) is 37.8 Å². The van der Waals surface area contributed by atoms with Crippen molar-refractivity contribution in [2.45, 2.75) is 47.1 Å². The van der Waals surface area contributed by atoms with Crippen LogP contribution in [0.3, 0.4) is 0 Å². The SMILES string of the molecule is CCC(C)C(N)COc1c(C)cc(C)cc1C. The van der Waals surface area contributed by atoms with Gasteiger partial charge < -0.3 is 10.5 Å². The van der Waals surface area contributed by atoms with Crippen LogP contribution in [0.1, 0.15) is 37.0 Å². The topological polar surface area (TPSA) is 35.2 Å². The maximum absolute atomic E-state index is 6.08. The first-order valence-corrected chi connectivity index (χ1v) is 6.42. The van der Waals surface area contributed by atoms with E-state index in [-0.39, 0.29) is 6.04 Å². The first-order chi connectivity index (χ1) is 7.95. The first-order valence-electron chi connectivity index (χ1n) is 6.42. The third kappa shape index (κ3) is 3.74. The molecular formula is C15H25NO. The lowest BCUT2D eigenvalue weighted by molar-refractivity contribution is 0.247. The van der Waals surface area contributed by atoms with Crippen LogP contribution in [0.2, 0.25) is 0 Å². The van der Waals surface area contributed by atoms with E-state index in [1.165, 1.54) is 16.7 Å². The second-order valence-corrected chi connectivity index (χ2v) is 5.09. The minimum absolute atomic E-state index is 0.111. The van der Waals surface area contributed by atoms with Crippen LogP contribution in [0.25, 0.3) is 0 Å². The van der Waals surface area contributed by atoms with Gasteiger partial charge in [0.05, 0.1) is 0 Å². The van der Waals surface area contributed by atoms with Gasteiger partial charge in [0.2, 0.25) is 0 Å². The van der Waals surface area contributed by atoms with E-state index in [2.05, 4.69) is 46.8 Å². The molecule has 0 heterocycles. The fraction of sp³-hybridized carbons (Fsp3) is 0.600. The molecule has 17 heavy (non-hydrogen) atoms. The lowest BCUT2D eigenvalue weighted by Gasteiger charge is -2.20. The second-order valence-electron chi connectivity index (χ2n) is 5.09. The third-order valence-electron chi connectivity index (χ3n) is 3.40. The summed E-state index contributed by atoms with van der Waals surface area (Å²) >= 11 is 0. The lowest BCUT2D eigenvalue weighted by Crippen LogP contribution is -2.34.